The minimum absolute atomic E-state index is 0.0716. The van der Waals surface area contributed by atoms with Gasteiger partial charge in [-0.2, -0.15) is 0 Å². The van der Waals surface area contributed by atoms with Crippen molar-refractivity contribution in [3.05, 3.63) is 48.8 Å². The van der Waals surface area contributed by atoms with Crippen molar-refractivity contribution in [2.24, 2.45) is 5.92 Å². The third-order valence-electron chi connectivity index (χ3n) is 4.44. The van der Waals surface area contributed by atoms with Gasteiger partial charge in [-0.3, -0.25) is 4.79 Å². The normalized spacial score (nSPS) is 16.3. The summed E-state index contributed by atoms with van der Waals surface area (Å²) in [5, 5.41) is 3.01. The Bertz CT molecular complexity index is 658. The topological polar surface area (TPSA) is 67.3 Å². The standard InChI is InChI=1S/C19H24N4O2/c1-15(25-17-6-3-2-4-7-17)18(24)22-14-16-8-12-23(13-9-16)19-20-10-5-11-21-19/h2-7,10-11,15-16H,8-9,12-14H2,1H3,(H,22,24). The van der Waals surface area contributed by atoms with E-state index in [1.54, 1.807) is 19.3 Å². The van der Waals surface area contributed by atoms with Crippen molar-refractivity contribution in [1.29, 1.82) is 0 Å². The molecule has 6 nitrogen and oxygen atoms in total. The van der Waals surface area contributed by atoms with Crippen LogP contribution in [-0.4, -0.2) is 41.6 Å². The quantitative estimate of drug-likeness (QED) is 0.874. The van der Waals surface area contributed by atoms with Crippen LogP contribution in [0.1, 0.15) is 19.8 Å². The lowest BCUT2D eigenvalue weighted by molar-refractivity contribution is -0.127. The van der Waals surface area contributed by atoms with Gasteiger partial charge in [-0.25, -0.2) is 9.97 Å². The van der Waals surface area contributed by atoms with Crippen LogP contribution < -0.4 is 15.0 Å². The number of carbonyl (C=O) groups excluding carboxylic acids is 1. The Morgan fingerprint density at radius 3 is 2.56 bits per heavy atom. The predicted molar refractivity (Wildman–Crippen MR) is 96.5 cm³/mol. The van der Waals surface area contributed by atoms with Gasteiger partial charge < -0.3 is 15.0 Å². The average molecular weight is 340 g/mol. The van der Waals surface area contributed by atoms with E-state index in [4.69, 9.17) is 4.74 Å². The fourth-order valence-electron chi connectivity index (χ4n) is 2.94. The molecule has 1 amide bonds. The molecule has 1 aromatic heterocycles. The second-order valence-electron chi connectivity index (χ2n) is 6.30. The van der Waals surface area contributed by atoms with E-state index < -0.39 is 6.10 Å². The van der Waals surface area contributed by atoms with Gasteiger partial charge in [0.1, 0.15) is 5.75 Å². The maximum Gasteiger partial charge on any atom is 0.260 e. The van der Waals surface area contributed by atoms with Crippen molar-refractivity contribution < 1.29 is 9.53 Å². The first-order valence-electron chi connectivity index (χ1n) is 8.74. The van der Waals surface area contributed by atoms with Gasteiger partial charge in [-0.05, 0) is 43.9 Å². The van der Waals surface area contributed by atoms with Gasteiger partial charge in [0.2, 0.25) is 5.95 Å². The van der Waals surface area contributed by atoms with Crippen molar-refractivity contribution in [3.8, 4) is 5.75 Å². The summed E-state index contributed by atoms with van der Waals surface area (Å²) in [6.07, 6.45) is 5.07. The molecule has 1 atom stereocenters. The van der Waals surface area contributed by atoms with Crippen LogP contribution in [0.3, 0.4) is 0 Å². The number of piperidine rings is 1. The highest BCUT2D eigenvalue weighted by Gasteiger charge is 2.22. The number of para-hydroxylation sites is 1. The van der Waals surface area contributed by atoms with Crippen LogP contribution in [-0.2, 0) is 4.79 Å². The molecule has 1 aromatic carbocycles. The lowest BCUT2D eigenvalue weighted by Crippen LogP contribution is -2.42. The van der Waals surface area contributed by atoms with Crippen LogP contribution in [0.15, 0.2) is 48.8 Å². The summed E-state index contributed by atoms with van der Waals surface area (Å²) in [5.74, 6) is 1.90. The number of rotatable bonds is 6. The fraction of sp³-hybridized carbons (Fsp3) is 0.421. The second-order valence-corrected chi connectivity index (χ2v) is 6.30. The highest BCUT2D eigenvalue weighted by atomic mass is 16.5. The number of anilines is 1. The Morgan fingerprint density at radius 2 is 1.88 bits per heavy atom. The van der Waals surface area contributed by atoms with E-state index in [9.17, 15) is 4.79 Å². The summed E-state index contributed by atoms with van der Waals surface area (Å²) in [4.78, 5) is 23.0. The smallest absolute Gasteiger partial charge is 0.260 e. The molecule has 0 spiro atoms. The lowest BCUT2D eigenvalue weighted by Gasteiger charge is -2.32. The van der Waals surface area contributed by atoms with E-state index in [0.717, 1.165) is 31.9 Å². The monoisotopic (exact) mass is 340 g/mol. The summed E-state index contributed by atoms with van der Waals surface area (Å²) in [6.45, 7) is 4.30. The molecule has 3 rings (SSSR count). The van der Waals surface area contributed by atoms with E-state index in [0.29, 0.717) is 18.2 Å². The maximum atomic E-state index is 12.2. The highest BCUT2D eigenvalue weighted by molar-refractivity contribution is 5.80. The van der Waals surface area contributed by atoms with Crippen molar-refractivity contribution in [1.82, 2.24) is 15.3 Å². The van der Waals surface area contributed by atoms with Crippen LogP contribution in [0.5, 0.6) is 5.75 Å². The molecule has 2 aromatic rings. The molecular weight excluding hydrogens is 316 g/mol. The van der Waals surface area contributed by atoms with Gasteiger partial charge in [0.25, 0.3) is 5.91 Å². The number of ether oxygens (including phenoxy) is 1. The van der Waals surface area contributed by atoms with Crippen molar-refractivity contribution in [2.75, 3.05) is 24.5 Å². The Kier molecular flexibility index (Phi) is 5.82. The van der Waals surface area contributed by atoms with Gasteiger partial charge >= 0.3 is 0 Å². The van der Waals surface area contributed by atoms with Gasteiger partial charge in [0, 0.05) is 32.0 Å². The van der Waals surface area contributed by atoms with Crippen molar-refractivity contribution >= 4 is 11.9 Å². The molecule has 1 aliphatic rings. The van der Waals surface area contributed by atoms with Crippen LogP contribution >= 0.6 is 0 Å². The molecule has 25 heavy (non-hydrogen) atoms. The second kappa shape index (κ2) is 8.46. The van der Waals surface area contributed by atoms with Gasteiger partial charge in [0.05, 0.1) is 0 Å². The minimum atomic E-state index is -0.500. The highest BCUT2D eigenvalue weighted by Crippen LogP contribution is 2.19. The zero-order valence-electron chi connectivity index (χ0n) is 14.5. The van der Waals surface area contributed by atoms with Crippen LogP contribution in [0.2, 0.25) is 0 Å². The summed E-state index contributed by atoms with van der Waals surface area (Å²) in [7, 11) is 0. The Balaban J connectivity index is 1.40. The Hall–Kier alpha value is -2.63. The molecule has 0 radical (unpaired) electrons. The molecule has 1 saturated heterocycles. The molecule has 1 N–H and O–H groups in total. The van der Waals surface area contributed by atoms with E-state index >= 15 is 0 Å². The molecule has 132 valence electrons. The van der Waals surface area contributed by atoms with E-state index in [1.807, 2.05) is 36.4 Å². The molecule has 0 saturated carbocycles. The van der Waals surface area contributed by atoms with Crippen LogP contribution in [0.25, 0.3) is 0 Å². The lowest BCUT2D eigenvalue weighted by atomic mass is 9.97. The number of aromatic nitrogens is 2. The first kappa shape index (κ1) is 17.2. The number of nitrogens with zero attached hydrogens (tertiary/aromatic N) is 3. The molecule has 2 heterocycles. The third kappa shape index (κ3) is 4.92. The largest absolute Gasteiger partial charge is 0.481 e. The minimum Gasteiger partial charge on any atom is -0.481 e. The average Bonchev–Trinajstić information content (AvgIpc) is 2.68. The molecule has 1 unspecified atom stereocenters. The Morgan fingerprint density at radius 1 is 1.20 bits per heavy atom. The first-order valence-corrected chi connectivity index (χ1v) is 8.74. The van der Waals surface area contributed by atoms with E-state index in [-0.39, 0.29) is 5.91 Å². The van der Waals surface area contributed by atoms with E-state index in [1.165, 1.54) is 0 Å². The number of benzene rings is 1. The molecule has 0 bridgehead atoms. The molecule has 6 heteroatoms. The molecule has 1 aliphatic heterocycles. The first-order chi connectivity index (χ1) is 12.2. The van der Waals surface area contributed by atoms with Gasteiger partial charge in [0.15, 0.2) is 6.10 Å². The zero-order chi connectivity index (χ0) is 17.5. The van der Waals surface area contributed by atoms with Gasteiger partial charge in [-0.15, -0.1) is 0 Å². The fourth-order valence-corrected chi connectivity index (χ4v) is 2.94. The van der Waals surface area contributed by atoms with Crippen LogP contribution in [0, 0.1) is 5.92 Å². The summed E-state index contributed by atoms with van der Waals surface area (Å²) in [6, 6.07) is 11.2. The number of nitrogens with one attached hydrogen (secondary N) is 1. The summed E-state index contributed by atoms with van der Waals surface area (Å²) < 4.78 is 5.65. The SMILES string of the molecule is CC(Oc1ccccc1)C(=O)NCC1CCN(c2ncccn2)CC1. The molecular formula is C19H24N4O2. The zero-order valence-corrected chi connectivity index (χ0v) is 14.5. The number of hydrogen-bond acceptors (Lipinski definition) is 5. The van der Waals surface area contributed by atoms with Crippen molar-refractivity contribution in [3.63, 3.8) is 0 Å². The van der Waals surface area contributed by atoms with Gasteiger partial charge in [-0.1, -0.05) is 18.2 Å². The van der Waals surface area contributed by atoms with Crippen molar-refractivity contribution in [2.45, 2.75) is 25.9 Å². The third-order valence-corrected chi connectivity index (χ3v) is 4.44. The molecule has 1 fully saturated rings. The van der Waals surface area contributed by atoms with Crippen LogP contribution in [0.4, 0.5) is 5.95 Å². The molecule has 0 aliphatic carbocycles. The number of carbonyl (C=O) groups is 1. The predicted octanol–water partition coefficient (Wildman–Crippen LogP) is 2.28. The number of amides is 1. The summed E-state index contributed by atoms with van der Waals surface area (Å²) in [5.41, 5.74) is 0. The maximum absolute atomic E-state index is 12.2. The summed E-state index contributed by atoms with van der Waals surface area (Å²) >= 11 is 0. The van der Waals surface area contributed by atoms with E-state index in [2.05, 4.69) is 20.2 Å². The number of hydrogen-bond donors (Lipinski definition) is 1. The Labute approximate surface area is 148 Å².